The second kappa shape index (κ2) is 6.14. The van der Waals surface area contributed by atoms with E-state index < -0.39 is 0 Å². The lowest BCUT2D eigenvalue weighted by molar-refractivity contribution is 0.276. The average molecular weight is 263 g/mol. The number of nitrogens with zero attached hydrogens (tertiary/aromatic N) is 4. The van der Waals surface area contributed by atoms with E-state index in [-0.39, 0.29) is 12.2 Å². The standard InChI is InChI=1S/C12H17N5O2/c1-16-8-10(3-4-12(16)19)13-7-11-9-17(15-14-11)5-2-6-18/h3-4,8-9,13,18H,2,5-7H2,1H3. The topological polar surface area (TPSA) is 85.0 Å². The lowest BCUT2D eigenvalue weighted by Gasteiger charge is -2.05. The normalized spacial score (nSPS) is 10.6. The molecule has 2 aromatic rings. The second-order valence-electron chi connectivity index (χ2n) is 4.27. The van der Waals surface area contributed by atoms with Gasteiger partial charge in [0, 0.05) is 32.5 Å². The Hall–Kier alpha value is -2.15. The molecule has 0 spiro atoms. The molecule has 0 bridgehead atoms. The molecule has 19 heavy (non-hydrogen) atoms. The Labute approximate surface area is 110 Å². The van der Waals surface area contributed by atoms with E-state index in [1.165, 1.54) is 10.6 Å². The van der Waals surface area contributed by atoms with Crippen molar-refractivity contribution in [2.24, 2.45) is 7.05 Å². The van der Waals surface area contributed by atoms with Gasteiger partial charge in [0.2, 0.25) is 5.56 Å². The smallest absolute Gasteiger partial charge is 0.250 e. The maximum absolute atomic E-state index is 11.2. The van der Waals surface area contributed by atoms with Gasteiger partial charge in [-0.3, -0.25) is 9.48 Å². The molecule has 0 saturated carbocycles. The molecule has 0 radical (unpaired) electrons. The molecule has 2 rings (SSSR count). The first-order chi connectivity index (χ1) is 9.19. The number of aliphatic hydroxyl groups is 1. The van der Waals surface area contributed by atoms with E-state index in [9.17, 15) is 4.79 Å². The summed E-state index contributed by atoms with van der Waals surface area (Å²) in [5.74, 6) is 0. The summed E-state index contributed by atoms with van der Waals surface area (Å²) in [5, 5.41) is 19.9. The molecule has 0 aliphatic rings. The molecular formula is C12H17N5O2. The fourth-order valence-electron chi connectivity index (χ4n) is 1.65. The van der Waals surface area contributed by atoms with E-state index >= 15 is 0 Å². The van der Waals surface area contributed by atoms with Crippen LogP contribution in [0, 0.1) is 0 Å². The second-order valence-corrected chi connectivity index (χ2v) is 4.27. The molecule has 7 heteroatoms. The molecule has 7 nitrogen and oxygen atoms in total. The monoisotopic (exact) mass is 263 g/mol. The molecule has 2 aromatic heterocycles. The van der Waals surface area contributed by atoms with Crippen LogP contribution in [0.3, 0.4) is 0 Å². The van der Waals surface area contributed by atoms with Gasteiger partial charge in [0.1, 0.15) is 5.69 Å². The Kier molecular flexibility index (Phi) is 4.30. The van der Waals surface area contributed by atoms with Crippen LogP contribution in [-0.2, 0) is 20.1 Å². The average Bonchev–Trinajstić information content (AvgIpc) is 2.86. The van der Waals surface area contributed by atoms with Crippen LogP contribution < -0.4 is 10.9 Å². The SMILES string of the molecule is Cn1cc(NCc2cn(CCCO)nn2)ccc1=O. The highest BCUT2D eigenvalue weighted by Gasteiger charge is 2.01. The molecule has 0 amide bonds. The first kappa shape index (κ1) is 13.3. The van der Waals surface area contributed by atoms with E-state index in [0.717, 1.165) is 11.4 Å². The van der Waals surface area contributed by atoms with Gasteiger partial charge in [-0.05, 0) is 12.5 Å². The van der Waals surface area contributed by atoms with Crippen molar-refractivity contribution in [2.45, 2.75) is 19.5 Å². The number of aromatic nitrogens is 4. The van der Waals surface area contributed by atoms with Gasteiger partial charge < -0.3 is 15.0 Å². The summed E-state index contributed by atoms with van der Waals surface area (Å²) in [6.07, 6.45) is 4.24. The lowest BCUT2D eigenvalue weighted by atomic mass is 10.4. The van der Waals surface area contributed by atoms with E-state index in [0.29, 0.717) is 19.5 Å². The molecule has 0 aromatic carbocycles. The molecule has 102 valence electrons. The van der Waals surface area contributed by atoms with Gasteiger partial charge in [-0.2, -0.15) is 0 Å². The lowest BCUT2D eigenvalue weighted by Crippen LogP contribution is -2.15. The van der Waals surface area contributed by atoms with Gasteiger partial charge >= 0.3 is 0 Å². The van der Waals surface area contributed by atoms with E-state index in [2.05, 4.69) is 15.6 Å². The van der Waals surface area contributed by atoms with Crippen molar-refractivity contribution >= 4 is 5.69 Å². The number of hydrogen-bond donors (Lipinski definition) is 2. The number of pyridine rings is 1. The van der Waals surface area contributed by atoms with Crippen LogP contribution in [0.2, 0.25) is 0 Å². The highest BCUT2D eigenvalue weighted by molar-refractivity contribution is 5.40. The summed E-state index contributed by atoms with van der Waals surface area (Å²) in [5.41, 5.74) is 1.62. The Morgan fingerprint density at radius 2 is 2.21 bits per heavy atom. The van der Waals surface area contributed by atoms with Crippen LogP contribution in [0.4, 0.5) is 5.69 Å². The summed E-state index contributed by atoms with van der Waals surface area (Å²) < 4.78 is 3.22. The Morgan fingerprint density at radius 3 is 2.95 bits per heavy atom. The summed E-state index contributed by atoms with van der Waals surface area (Å²) in [6, 6.07) is 3.25. The third-order valence-electron chi connectivity index (χ3n) is 2.69. The molecule has 0 aliphatic carbocycles. The molecule has 2 heterocycles. The first-order valence-corrected chi connectivity index (χ1v) is 6.09. The van der Waals surface area contributed by atoms with E-state index in [1.54, 1.807) is 24.0 Å². The largest absolute Gasteiger partial charge is 0.396 e. The number of anilines is 1. The number of aryl methyl sites for hydroxylation is 2. The van der Waals surface area contributed by atoms with Crippen molar-refractivity contribution in [3.63, 3.8) is 0 Å². The van der Waals surface area contributed by atoms with Crippen LogP contribution in [-0.4, -0.2) is 31.3 Å². The number of nitrogens with one attached hydrogen (secondary N) is 1. The fraction of sp³-hybridized carbons (Fsp3) is 0.417. The summed E-state index contributed by atoms with van der Waals surface area (Å²) >= 11 is 0. The van der Waals surface area contributed by atoms with Crippen LogP contribution in [0.5, 0.6) is 0 Å². The minimum absolute atomic E-state index is 0.0412. The molecule has 0 unspecified atom stereocenters. The van der Waals surface area contributed by atoms with Crippen molar-refractivity contribution in [2.75, 3.05) is 11.9 Å². The van der Waals surface area contributed by atoms with E-state index in [4.69, 9.17) is 5.11 Å². The van der Waals surface area contributed by atoms with Gasteiger partial charge in [0.15, 0.2) is 0 Å². The summed E-state index contributed by atoms with van der Waals surface area (Å²) in [7, 11) is 1.71. The highest BCUT2D eigenvalue weighted by atomic mass is 16.3. The molecule has 0 atom stereocenters. The zero-order valence-corrected chi connectivity index (χ0v) is 10.8. The van der Waals surface area contributed by atoms with Crippen LogP contribution in [0.15, 0.2) is 29.3 Å². The summed E-state index contributed by atoms with van der Waals surface area (Å²) in [4.78, 5) is 11.2. The predicted molar refractivity (Wildman–Crippen MR) is 70.7 cm³/mol. The molecule has 0 fully saturated rings. The first-order valence-electron chi connectivity index (χ1n) is 6.09. The van der Waals surface area contributed by atoms with Crippen molar-refractivity contribution < 1.29 is 5.11 Å². The van der Waals surface area contributed by atoms with Crippen LogP contribution >= 0.6 is 0 Å². The summed E-state index contributed by atoms with van der Waals surface area (Å²) in [6.45, 7) is 1.34. The predicted octanol–water partition coefficient (Wildman–Crippen LogP) is -0.0287. The van der Waals surface area contributed by atoms with Crippen molar-refractivity contribution in [1.82, 2.24) is 19.6 Å². The van der Waals surface area contributed by atoms with Gasteiger partial charge in [-0.1, -0.05) is 5.21 Å². The minimum atomic E-state index is -0.0412. The van der Waals surface area contributed by atoms with Gasteiger partial charge in [0.25, 0.3) is 0 Å². The zero-order chi connectivity index (χ0) is 13.7. The van der Waals surface area contributed by atoms with Crippen LogP contribution in [0.1, 0.15) is 12.1 Å². The van der Waals surface area contributed by atoms with Crippen molar-refractivity contribution in [1.29, 1.82) is 0 Å². The van der Waals surface area contributed by atoms with Gasteiger partial charge in [0.05, 0.1) is 18.4 Å². The van der Waals surface area contributed by atoms with Crippen LogP contribution in [0.25, 0.3) is 0 Å². The molecule has 2 N–H and O–H groups in total. The van der Waals surface area contributed by atoms with Gasteiger partial charge in [-0.15, -0.1) is 5.10 Å². The minimum Gasteiger partial charge on any atom is -0.396 e. The zero-order valence-electron chi connectivity index (χ0n) is 10.8. The van der Waals surface area contributed by atoms with Crippen molar-refractivity contribution in [3.8, 4) is 0 Å². The third kappa shape index (κ3) is 3.65. The quantitative estimate of drug-likeness (QED) is 0.764. The Balaban J connectivity index is 1.92. The molecular weight excluding hydrogens is 246 g/mol. The maximum atomic E-state index is 11.2. The maximum Gasteiger partial charge on any atom is 0.250 e. The van der Waals surface area contributed by atoms with Crippen molar-refractivity contribution in [3.05, 3.63) is 40.6 Å². The third-order valence-corrected chi connectivity index (χ3v) is 2.69. The van der Waals surface area contributed by atoms with Gasteiger partial charge in [-0.25, -0.2) is 0 Å². The molecule has 0 aliphatic heterocycles. The number of hydrogen-bond acceptors (Lipinski definition) is 5. The molecule has 0 saturated heterocycles. The fourth-order valence-corrected chi connectivity index (χ4v) is 1.65. The Bertz CT molecular complexity index is 590. The number of aliphatic hydroxyl groups excluding tert-OH is 1. The highest BCUT2D eigenvalue weighted by Crippen LogP contribution is 2.05. The number of rotatable bonds is 6. The Morgan fingerprint density at radius 1 is 1.37 bits per heavy atom. The van der Waals surface area contributed by atoms with E-state index in [1.807, 2.05) is 6.20 Å².